The third kappa shape index (κ3) is 2.10. The summed E-state index contributed by atoms with van der Waals surface area (Å²) >= 11 is 3.52. The maximum atomic E-state index is 3.52. The van der Waals surface area contributed by atoms with Crippen LogP contribution in [0.2, 0.25) is 0 Å². The lowest BCUT2D eigenvalue weighted by atomic mass is 10.2. The van der Waals surface area contributed by atoms with E-state index in [1.807, 2.05) is 0 Å². The van der Waals surface area contributed by atoms with E-state index in [1.54, 1.807) is 0 Å². The van der Waals surface area contributed by atoms with Crippen molar-refractivity contribution in [3.05, 3.63) is 28.2 Å². The van der Waals surface area contributed by atoms with Crippen molar-refractivity contribution < 1.29 is 0 Å². The molecule has 3 N–H and O–H groups in total. The van der Waals surface area contributed by atoms with E-state index in [1.165, 1.54) is 41.7 Å². The number of halogens is 1. The van der Waals surface area contributed by atoms with E-state index < -0.39 is 0 Å². The van der Waals surface area contributed by atoms with Crippen LogP contribution in [0.5, 0.6) is 0 Å². The quantitative estimate of drug-likeness (QED) is 0.881. The highest BCUT2D eigenvalue weighted by Crippen LogP contribution is 2.30. The predicted octanol–water partition coefficient (Wildman–Crippen LogP) is 3.38. The maximum Gasteiger partial charge on any atom is 0.0410 e. The standard InChI is InChI=1S/C11H14BrN.H3N/c1-2-6-13-7-5-9-3-4-10(12)8-11(9)13;/h3-4,8H,2,5-7H2,1H3;1H3. The second-order valence-electron chi connectivity index (χ2n) is 3.51. The molecule has 0 fully saturated rings. The van der Waals surface area contributed by atoms with Gasteiger partial charge in [-0.2, -0.15) is 0 Å². The molecule has 1 aliphatic rings. The molecule has 0 saturated carbocycles. The molecule has 0 spiro atoms. The first-order valence-corrected chi connectivity index (χ1v) is 5.64. The first-order chi connectivity index (χ1) is 6.31. The normalized spacial score (nSPS) is 13.7. The average molecular weight is 257 g/mol. The Bertz CT molecular complexity index is 310. The fourth-order valence-electron chi connectivity index (χ4n) is 1.92. The lowest BCUT2D eigenvalue weighted by molar-refractivity contribution is 0.796. The van der Waals surface area contributed by atoms with Crippen molar-refractivity contribution in [2.24, 2.45) is 0 Å². The number of hydrogen-bond acceptors (Lipinski definition) is 2. The molecular formula is C11H17BrN2. The van der Waals surface area contributed by atoms with Crippen molar-refractivity contribution in [3.8, 4) is 0 Å². The monoisotopic (exact) mass is 256 g/mol. The van der Waals surface area contributed by atoms with Gasteiger partial charge in [0.25, 0.3) is 0 Å². The van der Waals surface area contributed by atoms with Crippen LogP contribution in [0.15, 0.2) is 22.7 Å². The molecule has 2 nitrogen and oxygen atoms in total. The molecule has 0 bridgehead atoms. The number of anilines is 1. The average Bonchev–Trinajstić information content (AvgIpc) is 2.49. The summed E-state index contributed by atoms with van der Waals surface area (Å²) in [6.45, 7) is 4.61. The Labute approximate surface area is 94.0 Å². The lowest BCUT2D eigenvalue weighted by Gasteiger charge is -2.18. The summed E-state index contributed by atoms with van der Waals surface area (Å²) in [7, 11) is 0. The van der Waals surface area contributed by atoms with Crippen LogP contribution < -0.4 is 11.1 Å². The summed E-state index contributed by atoms with van der Waals surface area (Å²) in [6.07, 6.45) is 2.44. The molecule has 0 aliphatic carbocycles. The van der Waals surface area contributed by atoms with E-state index in [4.69, 9.17) is 0 Å². The largest absolute Gasteiger partial charge is 0.371 e. The van der Waals surface area contributed by atoms with Crippen LogP contribution in [-0.4, -0.2) is 13.1 Å². The van der Waals surface area contributed by atoms with Crippen LogP contribution in [0, 0.1) is 0 Å². The van der Waals surface area contributed by atoms with Crippen LogP contribution in [0.25, 0.3) is 0 Å². The molecule has 78 valence electrons. The summed E-state index contributed by atoms with van der Waals surface area (Å²) in [4.78, 5) is 2.47. The van der Waals surface area contributed by atoms with E-state index >= 15 is 0 Å². The van der Waals surface area contributed by atoms with E-state index in [0.29, 0.717) is 0 Å². The molecule has 1 aromatic rings. The zero-order chi connectivity index (χ0) is 9.26. The van der Waals surface area contributed by atoms with Crippen molar-refractivity contribution in [2.75, 3.05) is 18.0 Å². The minimum atomic E-state index is 0. The van der Waals surface area contributed by atoms with E-state index in [0.717, 1.165) is 0 Å². The topological polar surface area (TPSA) is 38.2 Å². The first-order valence-electron chi connectivity index (χ1n) is 4.84. The SMILES string of the molecule is CCCN1CCc2ccc(Br)cc21.N. The summed E-state index contributed by atoms with van der Waals surface area (Å²) in [5.41, 5.74) is 2.92. The fourth-order valence-corrected chi connectivity index (χ4v) is 2.27. The number of rotatable bonds is 2. The van der Waals surface area contributed by atoms with Gasteiger partial charge in [-0.15, -0.1) is 0 Å². The highest BCUT2D eigenvalue weighted by Gasteiger charge is 2.17. The molecule has 1 heterocycles. The Kier molecular flexibility index (Phi) is 3.96. The van der Waals surface area contributed by atoms with Crippen LogP contribution >= 0.6 is 15.9 Å². The summed E-state index contributed by atoms with van der Waals surface area (Å²) in [6, 6.07) is 6.60. The molecule has 0 unspecified atom stereocenters. The minimum absolute atomic E-state index is 0. The van der Waals surface area contributed by atoms with Gasteiger partial charge in [-0.1, -0.05) is 28.9 Å². The molecule has 1 aliphatic heterocycles. The highest BCUT2D eigenvalue weighted by atomic mass is 79.9. The van der Waals surface area contributed by atoms with Crippen molar-refractivity contribution in [3.63, 3.8) is 0 Å². The maximum absolute atomic E-state index is 3.52. The number of hydrogen-bond donors (Lipinski definition) is 1. The molecule has 0 amide bonds. The second-order valence-corrected chi connectivity index (χ2v) is 4.43. The molecule has 14 heavy (non-hydrogen) atoms. The van der Waals surface area contributed by atoms with Gasteiger partial charge >= 0.3 is 0 Å². The van der Waals surface area contributed by atoms with Crippen molar-refractivity contribution in [1.82, 2.24) is 6.15 Å². The minimum Gasteiger partial charge on any atom is -0.371 e. The van der Waals surface area contributed by atoms with Gasteiger partial charge in [0, 0.05) is 23.2 Å². The van der Waals surface area contributed by atoms with E-state index in [-0.39, 0.29) is 6.15 Å². The highest BCUT2D eigenvalue weighted by molar-refractivity contribution is 9.10. The Balaban J connectivity index is 0.000000980. The summed E-state index contributed by atoms with van der Waals surface area (Å²) < 4.78 is 1.19. The van der Waals surface area contributed by atoms with E-state index in [9.17, 15) is 0 Å². The number of benzene rings is 1. The van der Waals surface area contributed by atoms with E-state index in [2.05, 4.69) is 46.0 Å². The Morgan fingerprint density at radius 2 is 2.21 bits per heavy atom. The Morgan fingerprint density at radius 3 is 2.93 bits per heavy atom. The van der Waals surface area contributed by atoms with Gasteiger partial charge in [0.05, 0.1) is 0 Å². The van der Waals surface area contributed by atoms with Crippen LogP contribution in [0.4, 0.5) is 5.69 Å². The smallest absolute Gasteiger partial charge is 0.0410 e. The van der Waals surface area contributed by atoms with Gasteiger partial charge in [-0.05, 0) is 30.5 Å². The van der Waals surface area contributed by atoms with Crippen LogP contribution in [0.1, 0.15) is 18.9 Å². The van der Waals surface area contributed by atoms with Gasteiger partial charge in [-0.25, -0.2) is 0 Å². The Morgan fingerprint density at radius 1 is 1.43 bits per heavy atom. The van der Waals surface area contributed by atoms with Crippen LogP contribution in [-0.2, 0) is 6.42 Å². The third-order valence-corrected chi connectivity index (χ3v) is 3.03. The zero-order valence-corrected chi connectivity index (χ0v) is 10.2. The first kappa shape index (κ1) is 11.5. The molecular weight excluding hydrogens is 240 g/mol. The predicted molar refractivity (Wildman–Crippen MR) is 65.4 cm³/mol. The van der Waals surface area contributed by atoms with Crippen molar-refractivity contribution in [2.45, 2.75) is 19.8 Å². The van der Waals surface area contributed by atoms with Gasteiger partial charge in [0.1, 0.15) is 0 Å². The summed E-state index contributed by atoms with van der Waals surface area (Å²) in [5, 5.41) is 0. The van der Waals surface area contributed by atoms with Gasteiger partial charge in [0.15, 0.2) is 0 Å². The zero-order valence-electron chi connectivity index (χ0n) is 8.59. The molecule has 1 aromatic carbocycles. The number of fused-ring (bicyclic) bond motifs is 1. The van der Waals surface area contributed by atoms with Gasteiger partial charge in [-0.3, -0.25) is 0 Å². The lowest BCUT2D eigenvalue weighted by Crippen LogP contribution is -2.20. The second kappa shape index (κ2) is 4.80. The van der Waals surface area contributed by atoms with Gasteiger partial charge in [0.2, 0.25) is 0 Å². The molecule has 0 atom stereocenters. The molecule has 0 aromatic heterocycles. The molecule has 0 radical (unpaired) electrons. The molecule has 3 heteroatoms. The molecule has 0 saturated heterocycles. The fraction of sp³-hybridized carbons (Fsp3) is 0.455. The number of nitrogens with zero attached hydrogens (tertiary/aromatic N) is 1. The summed E-state index contributed by atoms with van der Waals surface area (Å²) in [5.74, 6) is 0. The molecule has 2 rings (SSSR count). The third-order valence-electron chi connectivity index (χ3n) is 2.53. The Hall–Kier alpha value is -0.540. The van der Waals surface area contributed by atoms with Crippen molar-refractivity contribution in [1.29, 1.82) is 0 Å². The van der Waals surface area contributed by atoms with Crippen molar-refractivity contribution >= 4 is 21.6 Å². The van der Waals surface area contributed by atoms with Gasteiger partial charge < -0.3 is 11.1 Å². The van der Waals surface area contributed by atoms with Crippen LogP contribution in [0.3, 0.4) is 0 Å².